The van der Waals surface area contributed by atoms with Crippen molar-refractivity contribution in [3.05, 3.63) is 77.1 Å². The Morgan fingerprint density at radius 3 is 2.21 bits per heavy atom. The maximum absolute atomic E-state index is 12.5. The topological polar surface area (TPSA) is 96.0 Å². The molecule has 3 N–H and O–H groups in total. The van der Waals surface area contributed by atoms with E-state index in [1.807, 2.05) is 38.1 Å². The maximum atomic E-state index is 12.5. The van der Waals surface area contributed by atoms with Crippen molar-refractivity contribution < 1.29 is 9.59 Å². The lowest BCUT2D eigenvalue weighted by molar-refractivity contribution is -0.114. The van der Waals surface area contributed by atoms with E-state index in [1.54, 1.807) is 30.3 Å². The second-order valence-corrected chi connectivity index (χ2v) is 6.77. The lowest BCUT2D eigenvalue weighted by Gasteiger charge is -2.10. The van der Waals surface area contributed by atoms with Crippen molar-refractivity contribution in [1.82, 2.24) is 15.3 Å². The number of aromatic nitrogens is 2. The predicted molar refractivity (Wildman–Crippen MR) is 113 cm³/mol. The number of benzene rings is 2. The molecule has 7 heteroatoms. The minimum Gasteiger partial charge on any atom is -0.347 e. The molecule has 29 heavy (non-hydrogen) atoms. The van der Waals surface area contributed by atoms with Crippen molar-refractivity contribution in [1.29, 1.82) is 0 Å². The minimum atomic E-state index is -0.264. The molecule has 0 saturated carbocycles. The summed E-state index contributed by atoms with van der Waals surface area (Å²) in [6.07, 6.45) is 0. The average Bonchev–Trinajstić information content (AvgIpc) is 2.68. The summed E-state index contributed by atoms with van der Waals surface area (Å²) in [6.45, 7) is 5.71. The van der Waals surface area contributed by atoms with Gasteiger partial charge in [-0.05, 0) is 49.7 Å². The first kappa shape index (κ1) is 20.0. The Kier molecular flexibility index (Phi) is 6.19. The van der Waals surface area contributed by atoms with Crippen molar-refractivity contribution in [2.75, 3.05) is 10.6 Å². The summed E-state index contributed by atoms with van der Waals surface area (Å²) < 4.78 is 0. The summed E-state index contributed by atoms with van der Waals surface area (Å²) >= 11 is 0. The summed E-state index contributed by atoms with van der Waals surface area (Å²) in [4.78, 5) is 32.3. The van der Waals surface area contributed by atoms with Gasteiger partial charge in [0.15, 0.2) is 0 Å². The van der Waals surface area contributed by atoms with Crippen LogP contribution < -0.4 is 16.0 Å². The lowest BCUT2D eigenvalue weighted by Crippen LogP contribution is -2.24. The van der Waals surface area contributed by atoms with Crippen LogP contribution in [0.3, 0.4) is 0 Å². The largest absolute Gasteiger partial charge is 0.347 e. The maximum Gasteiger partial charge on any atom is 0.270 e. The Balaban J connectivity index is 1.67. The molecule has 0 bridgehead atoms. The summed E-state index contributed by atoms with van der Waals surface area (Å²) in [5, 5.41) is 8.68. The lowest BCUT2D eigenvalue weighted by atomic mass is 10.1. The Bertz CT molecular complexity index is 1010. The van der Waals surface area contributed by atoms with Crippen LogP contribution in [0.2, 0.25) is 0 Å². The first-order valence-corrected chi connectivity index (χ1v) is 9.23. The van der Waals surface area contributed by atoms with E-state index in [-0.39, 0.29) is 11.8 Å². The van der Waals surface area contributed by atoms with Gasteiger partial charge in [-0.25, -0.2) is 9.97 Å². The quantitative estimate of drug-likeness (QED) is 0.597. The fourth-order valence-electron chi connectivity index (χ4n) is 2.69. The molecule has 0 aliphatic rings. The van der Waals surface area contributed by atoms with Crippen LogP contribution >= 0.6 is 0 Å². The molecule has 2 amide bonds. The van der Waals surface area contributed by atoms with Gasteiger partial charge in [0, 0.05) is 30.5 Å². The van der Waals surface area contributed by atoms with E-state index in [1.165, 1.54) is 12.5 Å². The number of aryl methyl sites for hydroxylation is 2. The van der Waals surface area contributed by atoms with Crippen molar-refractivity contribution in [3.63, 3.8) is 0 Å². The van der Waals surface area contributed by atoms with Crippen molar-refractivity contribution >= 4 is 29.1 Å². The zero-order valence-corrected chi connectivity index (χ0v) is 16.6. The highest BCUT2D eigenvalue weighted by molar-refractivity contribution is 5.92. The number of hydrogen-bond donors (Lipinski definition) is 3. The summed E-state index contributed by atoms with van der Waals surface area (Å²) in [5.41, 5.74) is 4.61. The molecule has 0 saturated heterocycles. The van der Waals surface area contributed by atoms with Gasteiger partial charge in [-0.1, -0.05) is 29.8 Å². The molecule has 7 nitrogen and oxygen atoms in total. The zero-order valence-electron chi connectivity index (χ0n) is 16.6. The number of nitrogens with zero attached hydrogens (tertiary/aromatic N) is 2. The predicted octanol–water partition coefficient (Wildman–Crippen LogP) is 3.73. The molecule has 0 radical (unpaired) electrons. The van der Waals surface area contributed by atoms with Crippen LogP contribution in [0.25, 0.3) is 0 Å². The van der Waals surface area contributed by atoms with Crippen LogP contribution in [-0.4, -0.2) is 21.8 Å². The number of nitrogens with one attached hydrogen (secondary N) is 3. The third kappa shape index (κ3) is 5.87. The summed E-state index contributed by atoms with van der Waals surface area (Å²) in [5.74, 6) is -0.0630. The van der Waals surface area contributed by atoms with Gasteiger partial charge in [0.1, 0.15) is 5.69 Å². The van der Waals surface area contributed by atoms with E-state index in [0.717, 1.165) is 11.3 Å². The van der Waals surface area contributed by atoms with E-state index < -0.39 is 0 Å². The highest BCUT2D eigenvalue weighted by atomic mass is 16.2. The standard InChI is InChI=1S/C22H23N5O2/c1-14-4-6-17(7-5-14)13-23-21(29)20-12-15(2)24-22(27-20)26-19-10-8-18(9-11-19)25-16(3)28/h4-12H,13H2,1-3H3,(H,23,29)(H,25,28)(H,24,26,27). The van der Waals surface area contributed by atoms with Crippen LogP contribution in [0.15, 0.2) is 54.6 Å². The SMILES string of the molecule is CC(=O)Nc1ccc(Nc2nc(C)cc(C(=O)NCc3ccc(C)cc3)n2)cc1. The molecule has 0 fully saturated rings. The fourth-order valence-corrected chi connectivity index (χ4v) is 2.69. The van der Waals surface area contributed by atoms with Crippen molar-refractivity contribution in [2.24, 2.45) is 0 Å². The van der Waals surface area contributed by atoms with Gasteiger partial charge < -0.3 is 16.0 Å². The molecule has 1 heterocycles. The summed E-state index contributed by atoms with van der Waals surface area (Å²) in [7, 11) is 0. The molecule has 3 aromatic rings. The molecule has 2 aromatic carbocycles. The molecule has 0 atom stereocenters. The first-order chi connectivity index (χ1) is 13.9. The smallest absolute Gasteiger partial charge is 0.270 e. The normalized spacial score (nSPS) is 10.3. The highest BCUT2D eigenvalue weighted by Gasteiger charge is 2.11. The minimum absolute atomic E-state index is 0.131. The molecule has 3 rings (SSSR count). The average molecular weight is 389 g/mol. The van der Waals surface area contributed by atoms with Gasteiger partial charge in [-0.3, -0.25) is 9.59 Å². The number of carbonyl (C=O) groups is 2. The van der Waals surface area contributed by atoms with E-state index in [0.29, 0.717) is 29.6 Å². The van der Waals surface area contributed by atoms with Gasteiger partial charge in [-0.15, -0.1) is 0 Å². The fraction of sp³-hybridized carbons (Fsp3) is 0.182. The second kappa shape index (κ2) is 8.97. The first-order valence-electron chi connectivity index (χ1n) is 9.23. The molecular formula is C22H23N5O2. The molecule has 0 unspecified atom stereocenters. The number of hydrogen-bond acceptors (Lipinski definition) is 5. The Morgan fingerprint density at radius 2 is 1.55 bits per heavy atom. The number of carbonyl (C=O) groups excluding carboxylic acids is 2. The van der Waals surface area contributed by atoms with E-state index in [9.17, 15) is 9.59 Å². The van der Waals surface area contributed by atoms with E-state index >= 15 is 0 Å². The van der Waals surface area contributed by atoms with Crippen molar-refractivity contribution in [3.8, 4) is 0 Å². The Hall–Kier alpha value is -3.74. The third-order valence-electron chi connectivity index (χ3n) is 4.12. The molecule has 148 valence electrons. The van der Waals surface area contributed by atoms with Gasteiger partial charge in [0.25, 0.3) is 5.91 Å². The molecule has 0 aliphatic heterocycles. The van der Waals surface area contributed by atoms with E-state index in [2.05, 4.69) is 25.9 Å². The Morgan fingerprint density at radius 1 is 0.897 bits per heavy atom. The van der Waals surface area contributed by atoms with Gasteiger partial charge in [-0.2, -0.15) is 0 Å². The van der Waals surface area contributed by atoms with Crippen LogP contribution in [0.4, 0.5) is 17.3 Å². The Labute approximate surface area is 169 Å². The second-order valence-electron chi connectivity index (χ2n) is 6.77. The third-order valence-corrected chi connectivity index (χ3v) is 4.12. The summed E-state index contributed by atoms with van der Waals surface area (Å²) in [6, 6.07) is 16.8. The molecule has 0 spiro atoms. The van der Waals surface area contributed by atoms with Crippen LogP contribution in [0.1, 0.15) is 34.2 Å². The molecule has 1 aromatic heterocycles. The van der Waals surface area contributed by atoms with Gasteiger partial charge >= 0.3 is 0 Å². The zero-order chi connectivity index (χ0) is 20.8. The van der Waals surface area contributed by atoms with Gasteiger partial charge in [0.05, 0.1) is 0 Å². The molecular weight excluding hydrogens is 366 g/mol. The van der Waals surface area contributed by atoms with Crippen LogP contribution in [-0.2, 0) is 11.3 Å². The van der Waals surface area contributed by atoms with Crippen molar-refractivity contribution in [2.45, 2.75) is 27.3 Å². The molecule has 0 aliphatic carbocycles. The number of rotatable bonds is 6. The van der Waals surface area contributed by atoms with Crippen LogP contribution in [0, 0.1) is 13.8 Å². The van der Waals surface area contributed by atoms with Crippen LogP contribution in [0.5, 0.6) is 0 Å². The highest BCUT2D eigenvalue weighted by Crippen LogP contribution is 2.17. The number of anilines is 3. The van der Waals surface area contributed by atoms with E-state index in [4.69, 9.17) is 0 Å². The number of amides is 2. The monoisotopic (exact) mass is 389 g/mol. The van der Waals surface area contributed by atoms with Gasteiger partial charge in [0.2, 0.25) is 11.9 Å².